The summed E-state index contributed by atoms with van der Waals surface area (Å²) in [5.41, 5.74) is 1.14. The Balaban J connectivity index is 2.18. The molecule has 0 fully saturated rings. The second-order valence-corrected chi connectivity index (χ2v) is 6.44. The Morgan fingerprint density at radius 2 is 2.00 bits per heavy atom. The van der Waals surface area contributed by atoms with Gasteiger partial charge in [0.1, 0.15) is 4.90 Å². The van der Waals surface area contributed by atoms with E-state index in [1.54, 1.807) is 10.9 Å². The lowest BCUT2D eigenvalue weighted by Gasteiger charge is -2.16. The van der Waals surface area contributed by atoms with E-state index in [0.717, 1.165) is 5.56 Å². The van der Waals surface area contributed by atoms with Crippen LogP contribution in [0.5, 0.6) is 0 Å². The summed E-state index contributed by atoms with van der Waals surface area (Å²) in [4.78, 5) is 0.246. The van der Waals surface area contributed by atoms with Crippen LogP contribution in [0, 0.1) is 0 Å². The first kappa shape index (κ1) is 13.8. The number of benzene rings is 1. The van der Waals surface area contributed by atoms with Crippen LogP contribution in [-0.4, -0.2) is 31.5 Å². The van der Waals surface area contributed by atoms with Gasteiger partial charge in [-0.15, -0.1) is 0 Å². The lowest BCUT2D eigenvalue weighted by Crippen LogP contribution is -2.22. The standard InChI is InChI=1S/C13H17N3O2S/c1-14-13(11-6-4-3-5-7-11)10-16-9-12(8-15-16)19(2,17)18/h3-9,13-14H,10H2,1-2H3. The first-order valence-corrected chi connectivity index (χ1v) is 7.84. The van der Waals surface area contributed by atoms with E-state index in [1.807, 2.05) is 37.4 Å². The van der Waals surface area contributed by atoms with E-state index < -0.39 is 9.84 Å². The zero-order chi connectivity index (χ0) is 13.9. The van der Waals surface area contributed by atoms with Gasteiger partial charge in [-0.25, -0.2) is 8.42 Å². The fourth-order valence-electron chi connectivity index (χ4n) is 1.87. The lowest BCUT2D eigenvalue weighted by atomic mass is 10.1. The van der Waals surface area contributed by atoms with Crippen molar-refractivity contribution in [3.63, 3.8) is 0 Å². The molecule has 0 aliphatic heterocycles. The van der Waals surface area contributed by atoms with Crippen molar-refractivity contribution in [2.24, 2.45) is 0 Å². The van der Waals surface area contributed by atoms with E-state index in [1.165, 1.54) is 12.5 Å². The van der Waals surface area contributed by atoms with Crippen molar-refractivity contribution in [3.05, 3.63) is 48.3 Å². The molecule has 0 spiro atoms. The first-order chi connectivity index (χ1) is 9.00. The molecule has 2 rings (SSSR count). The smallest absolute Gasteiger partial charge is 0.178 e. The first-order valence-electron chi connectivity index (χ1n) is 5.95. The maximum absolute atomic E-state index is 11.4. The quantitative estimate of drug-likeness (QED) is 0.894. The number of rotatable bonds is 5. The molecule has 2 aromatic rings. The molecule has 1 N–H and O–H groups in total. The van der Waals surface area contributed by atoms with E-state index in [9.17, 15) is 8.42 Å². The van der Waals surface area contributed by atoms with Gasteiger partial charge in [-0.1, -0.05) is 30.3 Å². The number of hydrogen-bond acceptors (Lipinski definition) is 4. The minimum Gasteiger partial charge on any atom is -0.311 e. The van der Waals surface area contributed by atoms with Gasteiger partial charge in [0.2, 0.25) is 0 Å². The summed E-state index contributed by atoms with van der Waals surface area (Å²) < 4.78 is 24.4. The summed E-state index contributed by atoms with van der Waals surface area (Å²) in [7, 11) is -1.32. The van der Waals surface area contributed by atoms with Crippen LogP contribution in [0.4, 0.5) is 0 Å². The molecule has 1 aromatic heterocycles. The Bertz CT molecular complexity index is 635. The Kier molecular flexibility index (Phi) is 4.01. The van der Waals surface area contributed by atoms with Crippen molar-refractivity contribution < 1.29 is 8.42 Å². The van der Waals surface area contributed by atoms with Gasteiger partial charge in [0.15, 0.2) is 9.84 Å². The average Bonchev–Trinajstić information content (AvgIpc) is 2.85. The van der Waals surface area contributed by atoms with E-state index in [2.05, 4.69) is 10.4 Å². The molecule has 0 bridgehead atoms. The van der Waals surface area contributed by atoms with Gasteiger partial charge >= 0.3 is 0 Å². The number of sulfone groups is 1. The third kappa shape index (κ3) is 3.42. The van der Waals surface area contributed by atoms with Crippen LogP contribution in [0.3, 0.4) is 0 Å². The highest BCUT2D eigenvalue weighted by atomic mass is 32.2. The number of hydrogen-bond donors (Lipinski definition) is 1. The molecule has 0 aliphatic rings. The van der Waals surface area contributed by atoms with Gasteiger partial charge in [-0.2, -0.15) is 5.10 Å². The fraction of sp³-hybridized carbons (Fsp3) is 0.308. The molecule has 0 amide bonds. The second kappa shape index (κ2) is 5.54. The van der Waals surface area contributed by atoms with Gasteiger partial charge in [0.25, 0.3) is 0 Å². The Morgan fingerprint density at radius 1 is 1.32 bits per heavy atom. The third-order valence-corrected chi connectivity index (χ3v) is 4.02. The van der Waals surface area contributed by atoms with Crippen molar-refractivity contribution in [2.45, 2.75) is 17.5 Å². The van der Waals surface area contributed by atoms with Crippen molar-refractivity contribution in [1.82, 2.24) is 15.1 Å². The zero-order valence-corrected chi connectivity index (χ0v) is 11.8. The average molecular weight is 279 g/mol. The molecule has 0 radical (unpaired) electrons. The number of nitrogens with zero attached hydrogens (tertiary/aromatic N) is 2. The van der Waals surface area contributed by atoms with Crippen LogP contribution >= 0.6 is 0 Å². The van der Waals surface area contributed by atoms with E-state index in [-0.39, 0.29) is 10.9 Å². The molecule has 19 heavy (non-hydrogen) atoms. The second-order valence-electron chi connectivity index (χ2n) is 4.42. The molecule has 0 saturated heterocycles. The number of likely N-dealkylation sites (N-methyl/N-ethyl adjacent to an activating group) is 1. The molecule has 5 nitrogen and oxygen atoms in total. The predicted octanol–water partition coefficient (Wildman–Crippen LogP) is 1.25. The summed E-state index contributed by atoms with van der Waals surface area (Å²) in [5.74, 6) is 0. The minimum absolute atomic E-state index is 0.0912. The molecule has 1 unspecified atom stereocenters. The maximum Gasteiger partial charge on any atom is 0.178 e. The molecule has 1 atom stereocenters. The highest BCUT2D eigenvalue weighted by molar-refractivity contribution is 7.90. The molecule has 0 saturated carbocycles. The fourth-order valence-corrected chi connectivity index (χ4v) is 2.42. The number of aromatic nitrogens is 2. The minimum atomic E-state index is -3.19. The topological polar surface area (TPSA) is 64.0 Å². The lowest BCUT2D eigenvalue weighted by molar-refractivity contribution is 0.467. The molecule has 6 heteroatoms. The van der Waals surface area contributed by atoms with Crippen molar-refractivity contribution in [1.29, 1.82) is 0 Å². The van der Waals surface area contributed by atoms with E-state index in [0.29, 0.717) is 6.54 Å². The highest BCUT2D eigenvalue weighted by Crippen LogP contribution is 2.15. The molecular weight excluding hydrogens is 262 g/mol. The van der Waals surface area contributed by atoms with E-state index >= 15 is 0 Å². The van der Waals surface area contributed by atoms with E-state index in [4.69, 9.17) is 0 Å². The summed E-state index contributed by atoms with van der Waals surface area (Å²) in [6.07, 6.45) is 4.12. The van der Waals surface area contributed by atoms with Gasteiger partial charge in [-0.3, -0.25) is 4.68 Å². The molecular formula is C13H17N3O2S. The van der Waals surface area contributed by atoms with Crippen molar-refractivity contribution in [3.8, 4) is 0 Å². The van der Waals surface area contributed by atoms with Gasteiger partial charge in [0.05, 0.1) is 18.8 Å². The monoisotopic (exact) mass is 279 g/mol. The summed E-state index contributed by atoms with van der Waals surface area (Å²) >= 11 is 0. The SMILES string of the molecule is CNC(Cn1cc(S(C)(=O)=O)cn1)c1ccccc1. The van der Waals surface area contributed by atoms with Crippen LogP contribution < -0.4 is 5.32 Å². The summed E-state index contributed by atoms with van der Waals surface area (Å²) in [6, 6.07) is 10.1. The predicted molar refractivity (Wildman–Crippen MR) is 73.6 cm³/mol. The van der Waals surface area contributed by atoms with Gasteiger partial charge in [-0.05, 0) is 12.6 Å². The van der Waals surface area contributed by atoms with Crippen molar-refractivity contribution >= 4 is 9.84 Å². The zero-order valence-electron chi connectivity index (χ0n) is 10.9. The maximum atomic E-state index is 11.4. The van der Waals surface area contributed by atoms with Crippen LogP contribution in [0.1, 0.15) is 11.6 Å². The van der Waals surface area contributed by atoms with Crippen LogP contribution in [0.25, 0.3) is 0 Å². The van der Waals surface area contributed by atoms with Crippen LogP contribution in [0.2, 0.25) is 0 Å². The Labute approximate surface area is 113 Å². The Morgan fingerprint density at radius 3 is 2.53 bits per heavy atom. The third-order valence-electron chi connectivity index (χ3n) is 2.96. The molecule has 0 aliphatic carbocycles. The van der Waals surface area contributed by atoms with Crippen LogP contribution in [0.15, 0.2) is 47.6 Å². The molecule has 1 heterocycles. The van der Waals surface area contributed by atoms with Crippen LogP contribution in [-0.2, 0) is 16.4 Å². The molecule has 102 valence electrons. The van der Waals surface area contributed by atoms with Gasteiger partial charge < -0.3 is 5.32 Å². The summed E-state index contributed by atoms with van der Waals surface area (Å²) in [6.45, 7) is 0.579. The molecule has 1 aromatic carbocycles. The largest absolute Gasteiger partial charge is 0.311 e. The van der Waals surface area contributed by atoms with Crippen molar-refractivity contribution in [2.75, 3.05) is 13.3 Å². The normalized spacial score (nSPS) is 13.4. The number of nitrogens with one attached hydrogen (secondary N) is 1. The summed E-state index contributed by atoms with van der Waals surface area (Å²) in [5, 5.41) is 7.30. The van der Waals surface area contributed by atoms with Gasteiger partial charge in [0, 0.05) is 12.5 Å². The Hall–Kier alpha value is -1.66. The highest BCUT2D eigenvalue weighted by Gasteiger charge is 2.13.